The molecule has 2 aliphatic heterocycles. The molecule has 0 amide bonds. The van der Waals surface area contributed by atoms with Crippen molar-refractivity contribution < 1.29 is 0 Å². The summed E-state index contributed by atoms with van der Waals surface area (Å²) in [6, 6.07) is 8.47. The highest BCUT2D eigenvalue weighted by Gasteiger charge is 2.29. The van der Waals surface area contributed by atoms with E-state index in [0.29, 0.717) is 10.6 Å². The van der Waals surface area contributed by atoms with Crippen LogP contribution in [-0.2, 0) is 6.54 Å². The van der Waals surface area contributed by atoms with E-state index < -0.39 is 0 Å². The van der Waals surface area contributed by atoms with Crippen molar-refractivity contribution in [3.05, 3.63) is 34.3 Å². The Hall–Kier alpha value is -1.08. The van der Waals surface area contributed by atoms with Gasteiger partial charge in [0.1, 0.15) is 0 Å². The van der Waals surface area contributed by atoms with Crippen molar-refractivity contribution in [2.24, 2.45) is 0 Å². The van der Waals surface area contributed by atoms with Gasteiger partial charge in [0.2, 0.25) is 0 Å². The maximum atomic E-state index is 8.87. The third kappa shape index (κ3) is 2.98. The van der Waals surface area contributed by atoms with Gasteiger partial charge in [-0.1, -0.05) is 17.7 Å². The molecule has 2 fully saturated rings. The Kier molecular flexibility index (Phi) is 4.26. The maximum Gasteiger partial charge on any atom is 0.0992 e. The van der Waals surface area contributed by atoms with Crippen LogP contribution in [0, 0.1) is 11.3 Å². The zero-order chi connectivity index (χ0) is 13.9. The molecule has 1 atom stereocenters. The van der Waals surface area contributed by atoms with Crippen LogP contribution < -0.4 is 0 Å². The molecule has 106 valence electrons. The van der Waals surface area contributed by atoms with Gasteiger partial charge in [-0.3, -0.25) is 9.80 Å². The monoisotopic (exact) mass is 289 g/mol. The molecule has 0 N–H and O–H groups in total. The second kappa shape index (κ2) is 6.13. The van der Waals surface area contributed by atoms with Gasteiger partial charge >= 0.3 is 0 Å². The highest BCUT2D eigenvalue weighted by atomic mass is 35.5. The van der Waals surface area contributed by atoms with Crippen LogP contribution in [0.3, 0.4) is 0 Å². The number of hydrogen-bond acceptors (Lipinski definition) is 3. The Balaban J connectivity index is 1.60. The molecule has 2 aliphatic rings. The second-order valence-electron chi connectivity index (χ2n) is 5.84. The molecular weight excluding hydrogens is 270 g/mol. The summed E-state index contributed by atoms with van der Waals surface area (Å²) < 4.78 is 0. The molecule has 0 radical (unpaired) electrons. The van der Waals surface area contributed by atoms with Gasteiger partial charge in [0.15, 0.2) is 0 Å². The van der Waals surface area contributed by atoms with E-state index in [4.69, 9.17) is 16.9 Å². The van der Waals surface area contributed by atoms with E-state index in [1.54, 1.807) is 6.07 Å². The summed E-state index contributed by atoms with van der Waals surface area (Å²) in [5.41, 5.74) is 1.77. The van der Waals surface area contributed by atoms with Gasteiger partial charge in [-0.25, -0.2) is 0 Å². The quantitative estimate of drug-likeness (QED) is 0.857. The smallest absolute Gasteiger partial charge is 0.0992 e. The van der Waals surface area contributed by atoms with Crippen molar-refractivity contribution >= 4 is 11.6 Å². The second-order valence-corrected chi connectivity index (χ2v) is 6.25. The van der Waals surface area contributed by atoms with Crippen LogP contribution in [0.15, 0.2) is 18.2 Å². The molecule has 2 heterocycles. The molecule has 0 aromatic heterocycles. The summed E-state index contributed by atoms with van der Waals surface area (Å²) >= 11 is 6.26. The van der Waals surface area contributed by atoms with E-state index in [1.165, 1.54) is 32.4 Å². The van der Waals surface area contributed by atoms with Crippen molar-refractivity contribution in [2.45, 2.75) is 31.8 Å². The molecule has 4 heteroatoms. The summed E-state index contributed by atoms with van der Waals surface area (Å²) in [5, 5.41) is 9.58. The minimum atomic E-state index is 0.634. The molecular formula is C16H20ClN3. The topological polar surface area (TPSA) is 30.3 Å². The molecule has 2 saturated heterocycles. The fourth-order valence-electron chi connectivity index (χ4n) is 3.35. The fourth-order valence-corrected chi connectivity index (χ4v) is 3.59. The highest BCUT2D eigenvalue weighted by Crippen LogP contribution is 2.24. The molecule has 1 aromatic carbocycles. The minimum absolute atomic E-state index is 0.634. The Bertz CT molecular complexity index is 517. The molecule has 3 nitrogen and oxygen atoms in total. The summed E-state index contributed by atoms with van der Waals surface area (Å²) in [4.78, 5) is 5.12. The Labute approximate surface area is 125 Å². The zero-order valence-electron chi connectivity index (χ0n) is 11.7. The van der Waals surface area contributed by atoms with Crippen LogP contribution in [0.5, 0.6) is 0 Å². The Morgan fingerprint density at radius 1 is 1.25 bits per heavy atom. The lowest BCUT2D eigenvalue weighted by Crippen LogP contribution is -2.35. The third-order valence-corrected chi connectivity index (χ3v) is 4.83. The van der Waals surface area contributed by atoms with Crippen LogP contribution in [0.2, 0.25) is 5.02 Å². The summed E-state index contributed by atoms with van der Waals surface area (Å²) in [5.74, 6) is 0. The van der Waals surface area contributed by atoms with Gasteiger partial charge in [-0.2, -0.15) is 5.26 Å². The maximum absolute atomic E-state index is 8.87. The molecule has 20 heavy (non-hydrogen) atoms. The van der Waals surface area contributed by atoms with Gasteiger partial charge in [0.05, 0.1) is 11.6 Å². The molecule has 0 spiro atoms. The van der Waals surface area contributed by atoms with Crippen molar-refractivity contribution in [3.63, 3.8) is 0 Å². The van der Waals surface area contributed by atoms with E-state index in [9.17, 15) is 0 Å². The average molecular weight is 290 g/mol. The lowest BCUT2D eigenvalue weighted by Gasteiger charge is -2.23. The van der Waals surface area contributed by atoms with Gasteiger partial charge in [-0.15, -0.1) is 0 Å². The standard InChI is InChI=1S/C16H20ClN3/c17-16-9-13(10-18)3-4-14(16)11-19-8-5-15(12-19)20-6-1-2-7-20/h3-4,9,15H,1-2,5-8,11-12H2. The molecule has 3 rings (SSSR count). The van der Waals surface area contributed by atoms with E-state index in [2.05, 4.69) is 15.9 Å². The largest absolute Gasteiger partial charge is 0.299 e. The molecule has 0 bridgehead atoms. The van der Waals surface area contributed by atoms with E-state index in [-0.39, 0.29) is 0 Å². The van der Waals surface area contributed by atoms with E-state index in [0.717, 1.165) is 31.2 Å². The number of benzene rings is 1. The average Bonchev–Trinajstić information content (AvgIpc) is 3.11. The summed E-state index contributed by atoms with van der Waals surface area (Å²) in [6.07, 6.45) is 3.99. The van der Waals surface area contributed by atoms with E-state index in [1.807, 2.05) is 12.1 Å². The van der Waals surface area contributed by atoms with Crippen molar-refractivity contribution in [2.75, 3.05) is 26.2 Å². The Morgan fingerprint density at radius 3 is 2.75 bits per heavy atom. The number of nitrogens with zero attached hydrogens (tertiary/aromatic N) is 3. The minimum Gasteiger partial charge on any atom is -0.299 e. The van der Waals surface area contributed by atoms with Crippen LogP contribution >= 0.6 is 11.6 Å². The predicted octanol–water partition coefficient (Wildman–Crippen LogP) is 2.88. The van der Waals surface area contributed by atoms with Gasteiger partial charge in [0, 0.05) is 30.7 Å². The first-order valence-corrected chi connectivity index (χ1v) is 7.79. The SMILES string of the molecule is N#Cc1ccc(CN2CCC(N3CCCC3)C2)c(Cl)c1. The first kappa shape index (κ1) is 13.9. The van der Waals surface area contributed by atoms with Crippen molar-refractivity contribution in [1.29, 1.82) is 5.26 Å². The number of likely N-dealkylation sites (tertiary alicyclic amines) is 2. The summed E-state index contributed by atoms with van der Waals surface area (Å²) in [7, 11) is 0. The Morgan fingerprint density at radius 2 is 2.05 bits per heavy atom. The summed E-state index contributed by atoms with van der Waals surface area (Å²) in [6.45, 7) is 5.75. The van der Waals surface area contributed by atoms with Crippen molar-refractivity contribution in [3.8, 4) is 6.07 Å². The van der Waals surface area contributed by atoms with Gasteiger partial charge in [-0.05, 0) is 50.0 Å². The zero-order valence-corrected chi connectivity index (χ0v) is 12.4. The van der Waals surface area contributed by atoms with Crippen LogP contribution in [0.4, 0.5) is 0 Å². The molecule has 0 aliphatic carbocycles. The van der Waals surface area contributed by atoms with Crippen LogP contribution in [0.25, 0.3) is 0 Å². The van der Waals surface area contributed by atoms with Crippen LogP contribution in [0.1, 0.15) is 30.4 Å². The number of hydrogen-bond donors (Lipinski definition) is 0. The van der Waals surface area contributed by atoms with Crippen molar-refractivity contribution in [1.82, 2.24) is 9.80 Å². The number of halogens is 1. The number of rotatable bonds is 3. The molecule has 1 aromatic rings. The predicted molar refractivity (Wildman–Crippen MR) is 80.7 cm³/mol. The van der Waals surface area contributed by atoms with Gasteiger partial charge < -0.3 is 0 Å². The molecule has 1 unspecified atom stereocenters. The first-order valence-electron chi connectivity index (χ1n) is 7.41. The first-order chi connectivity index (χ1) is 9.76. The normalized spacial score (nSPS) is 24.1. The lowest BCUT2D eigenvalue weighted by molar-refractivity contribution is 0.230. The van der Waals surface area contributed by atoms with E-state index >= 15 is 0 Å². The lowest BCUT2D eigenvalue weighted by atomic mass is 10.1. The molecule has 0 saturated carbocycles. The van der Waals surface area contributed by atoms with Crippen LogP contribution in [-0.4, -0.2) is 42.0 Å². The highest BCUT2D eigenvalue weighted by molar-refractivity contribution is 6.31. The fraction of sp³-hybridized carbons (Fsp3) is 0.562. The third-order valence-electron chi connectivity index (χ3n) is 4.48. The van der Waals surface area contributed by atoms with Gasteiger partial charge in [0.25, 0.3) is 0 Å². The number of nitriles is 1.